The van der Waals surface area contributed by atoms with E-state index < -0.39 is 5.97 Å². The van der Waals surface area contributed by atoms with Gasteiger partial charge in [0.15, 0.2) is 17.4 Å². The smallest absolute Gasteiger partial charge is 0.550 e. The van der Waals surface area contributed by atoms with Crippen molar-refractivity contribution in [3.63, 3.8) is 0 Å². The van der Waals surface area contributed by atoms with Gasteiger partial charge in [0.2, 0.25) is 0 Å². The van der Waals surface area contributed by atoms with Crippen molar-refractivity contribution in [3.05, 3.63) is 0 Å². The molecule has 0 aliphatic heterocycles. The molecule has 0 N–H and O–H groups in total. The van der Waals surface area contributed by atoms with Crippen molar-refractivity contribution in [2.24, 2.45) is 5.92 Å². The van der Waals surface area contributed by atoms with E-state index in [1.54, 1.807) is 13.8 Å². The largest absolute Gasteiger partial charge is 1.00 e. The van der Waals surface area contributed by atoms with E-state index in [2.05, 4.69) is 0 Å². The maximum Gasteiger partial charge on any atom is 1.00 e. The summed E-state index contributed by atoms with van der Waals surface area (Å²) < 4.78 is 0. The van der Waals surface area contributed by atoms with Crippen LogP contribution in [0.3, 0.4) is 0 Å². The number of carbonyl (C=O) groups is 1. The molecule has 0 aliphatic rings. The Hall–Kier alpha value is 0.600. The van der Waals surface area contributed by atoms with Crippen molar-refractivity contribution in [1.82, 2.24) is 0 Å². The van der Waals surface area contributed by atoms with Crippen molar-refractivity contribution in [3.8, 4) is 0 Å². The third-order valence-electron chi connectivity index (χ3n) is 0.471. The molecule has 0 fully saturated rings. The number of carboxylic acids is 1. The van der Waals surface area contributed by atoms with Crippen molar-refractivity contribution in [2.75, 3.05) is 0 Å². The zero-order valence-electron chi connectivity index (χ0n) is 4.89. The van der Waals surface area contributed by atoms with Gasteiger partial charge in [0.1, 0.15) is 0 Å². The Morgan fingerprint density at radius 1 is 1.50 bits per heavy atom. The Labute approximate surface area is 72.0 Å². The molecule has 0 unspecified atom stereocenters. The molecule has 0 heterocycles. The third-order valence-corrected chi connectivity index (χ3v) is 0.471. The minimum absolute atomic E-state index is 0. The average Bonchev–Trinajstić information content (AvgIpc) is 1.36. The Kier molecular flexibility index (Phi) is 15.0. The topological polar surface area (TPSA) is 40.1 Å². The molecule has 0 bridgehead atoms. The summed E-state index contributed by atoms with van der Waals surface area (Å²) in [5.41, 5.74) is 0. The molecular formula is C4H10AlLiO2. The van der Waals surface area contributed by atoms with E-state index in [4.69, 9.17) is 0 Å². The summed E-state index contributed by atoms with van der Waals surface area (Å²) in [5.74, 6) is -1.33. The molecule has 8 heavy (non-hydrogen) atoms. The second kappa shape index (κ2) is 7.60. The fourth-order valence-electron chi connectivity index (χ4n) is 0. The maximum atomic E-state index is 9.59. The second-order valence-corrected chi connectivity index (χ2v) is 1.47. The zero-order valence-corrected chi connectivity index (χ0v) is 4.89. The third kappa shape index (κ3) is 9.78. The first-order chi connectivity index (χ1) is 2.64. The normalized spacial score (nSPS) is 6.88. The van der Waals surface area contributed by atoms with E-state index in [1.807, 2.05) is 0 Å². The summed E-state index contributed by atoms with van der Waals surface area (Å²) >= 11 is 0. The molecule has 0 aromatic heterocycles. The Morgan fingerprint density at radius 2 is 1.62 bits per heavy atom. The minimum atomic E-state index is -0.991. The number of rotatable bonds is 1. The van der Waals surface area contributed by atoms with E-state index in [0.717, 1.165) is 0 Å². The van der Waals surface area contributed by atoms with Gasteiger partial charge >= 0.3 is 18.9 Å². The van der Waals surface area contributed by atoms with E-state index in [0.29, 0.717) is 0 Å². The van der Waals surface area contributed by atoms with Gasteiger partial charge in [0.25, 0.3) is 0 Å². The van der Waals surface area contributed by atoms with Crippen molar-refractivity contribution < 1.29 is 28.8 Å². The number of carboxylic acid groups (broad SMARTS) is 1. The van der Waals surface area contributed by atoms with Crippen LogP contribution in [0.5, 0.6) is 0 Å². The fraction of sp³-hybridized carbons (Fsp3) is 0.750. The summed E-state index contributed by atoms with van der Waals surface area (Å²) in [5, 5.41) is 9.59. The van der Waals surface area contributed by atoms with Gasteiger partial charge in [-0.3, -0.25) is 0 Å². The molecule has 0 aliphatic carbocycles. The van der Waals surface area contributed by atoms with Crippen LogP contribution in [0.2, 0.25) is 0 Å². The number of aliphatic carboxylic acids is 1. The molecule has 0 spiro atoms. The van der Waals surface area contributed by atoms with E-state index in [9.17, 15) is 9.90 Å². The molecule has 0 amide bonds. The zero-order chi connectivity index (χ0) is 5.15. The number of carbonyl (C=O) groups excluding carboxylic acids is 1. The SMILES string of the molecule is CC(C)C(=O)[O-].[AlH3].[Li+]. The first-order valence-electron chi connectivity index (χ1n) is 1.85. The molecule has 0 rings (SSSR count). The first kappa shape index (κ1) is 15.8. The second-order valence-electron chi connectivity index (χ2n) is 1.47. The quantitative estimate of drug-likeness (QED) is 0.329. The predicted octanol–water partition coefficient (Wildman–Crippen LogP) is -4.79. The summed E-state index contributed by atoms with van der Waals surface area (Å²) in [6.45, 7) is 3.16. The molecule has 0 saturated carbocycles. The Bertz CT molecular complexity index is 65.1. The fourth-order valence-corrected chi connectivity index (χ4v) is 0. The van der Waals surface area contributed by atoms with Crippen LogP contribution in [0.15, 0.2) is 0 Å². The van der Waals surface area contributed by atoms with Gasteiger partial charge in [-0.2, -0.15) is 0 Å². The molecule has 2 nitrogen and oxygen atoms in total. The molecule has 0 radical (unpaired) electrons. The molecule has 0 aromatic rings. The van der Waals surface area contributed by atoms with Crippen LogP contribution in [0.4, 0.5) is 0 Å². The molecule has 0 aromatic carbocycles. The van der Waals surface area contributed by atoms with Gasteiger partial charge in [-0.25, -0.2) is 0 Å². The standard InChI is InChI=1S/C4H8O2.Al.Li.3H/c1-3(2)4(5)6;;;;;/h3H,1-2H3,(H,5,6);;;;;/q;;+1;;;/p-1. The molecule has 4 heteroatoms. The monoisotopic (exact) mass is 124 g/mol. The molecular weight excluding hydrogens is 114 g/mol. The van der Waals surface area contributed by atoms with Crippen LogP contribution in [-0.4, -0.2) is 23.3 Å². The van der Waals surface area contributed by atoms with Crippen molar-refractivity contribution in [1.29, 1.82) is 0 Å². The van der Waals surface area contributed by atoms with Crippen LogP contribution in [0, 0.1) is 5.92 Å². The molecule has 0 atom stereocenters. The molecule has 42 valence electrons. The average molecular weight is 124 g/mol. The summed E-state index contributed by atoms with van der Waals surface area (Å²) in [4.78, 5) is 9.59. The molecule has 0 saturated heterocycles. The van der Waals surface area contributed by atoms with Crippen molar-refractivity contribution in [2.45, 2.75) is 13.8 Å². The van der Waals surface area contributed by atoms with Crippen LogP contribution in [0.1, 0.15) is 13.8 Å². The first-order valence-corrected chi connectivity index (χ1v) is 1.85. The Morgan fingerprint density at radius 3 is 1.62 bits per heavy atom. The van der Waals surface area contributed by atoms with Gasteiger partial charge in [-0.05, 0) is 5.92 Å². The summed E-state index contributed by atoms with van der Waals surface area (Å²) in [6, 6.07) is 0. The van der Waals surface area contributed by atoms with Crippen LogP contribution in [0.25, 0.3) is 0 Å². The van der Waals surface area contributed by atoms with Gasteiger partial charge in [-0.15, -0.1) is 0 Å². The van der Waals surface area contributed by atoms with E-state index >= 15 is 0 Å². The summed E-state index contributed by atoms with van der Waals surface area (Å²) in [6.07, 6.45) is 0. The van der Waals surface area contributed by atoms with Gasteiger partial charge in [0, 0.05) is 5.97 Å². The van der Waals surface area contributed by atoms with E-state index in [1.165, 1.54) is 0 Å². The predicted molar refractivity (Wildman–Crippen MR) is 29.8 cm³/mol. The summed E-state index contributed by atoms with van der Waals surface area (Å²) in [7, 11) is 0. The van der Waals surface area contributed by atoms with Crippen LogP contribution in [-0.2, 0) is 4.79 Å². The van der Waals surface area contributed by atoms with Gasteiger partial charge in [0.05, 0.1) is 0 Å². The number of hydrogen-bond acceptors (Lipinski definition) is 2. The van der Waals surface area contributed by atoms with E-state index in [-0.39, 0.29) is 42.1 Å². The van der Waals surface area contributed by atoms with Crippen molar-refractivity contribution >= 4 is 23.3 Å². The minimum Gasteiger partial charge on any atom is -0.550 e. The Balaban J connectivity index is -0.000000125. The maximum absolute atomic E-state index is 9.59. The van der Waals surface area contributed by atoms with Gasteiger partial charge < -0.3 is 9.90 Å². The van der Waals surface area contributed by atoms with Gasteiger partial charge in [-0.1, -0.05) is 13.8 Å². The van der Waals surface area contributed by atoms with Crippen LogP contribution >= 0.6 is 0 Å². The van der Waals surface area contributed by atoms with Crippen LogP contribution < -0.4 is 24.0 Å². The number of hydrogen-bond donors (Lipinski definition) is 0.